The number of carbonyl (C=O) groups excluding carboxylic acids is 1. The van der Waals surface area contributed by atoms with Crippen molar-refractivity contribution in [2.75, 3.05) is 20.2 Å². The smallest absolute Gasteiger partial charge is 0.407 e. The third-order valence-corrected chi connectivity index (χ3v) is 3.48. The van der Waals surface area contributed by atoms with Crippen molar-refractivity contribution in [1.82, 2.24) is 10.6 Å². The van der Waals surface area contributed by atoms with Gasteiger partial charge in [0.15, 0.2) is 0 Å². The van der Waals surface area contributed by atoms with Gasteiger partial charge < -0.3 is 20.1 Å². The van der Waals surface area contributed by atoms with Gasteiger partial charge in [-0.25, -0.2) is 4.79 Å². The molecule has 110 valence electrons. The lowest BCUT2D eigenvalue weighted by atomic mass is 10.0. The van der Waals surface area contributed by atoms with E-state index in [9.17, 15) is 4.79 Å². The van der Waals surface area contributed by atoms with E-state index in [1.165, 1.54) is 5.56 Å². The van der Waals surface area contributed by atoms with Crippen LogP contribution < -0.4 is 15.4 Å². The molecule has 1 saturated heterocycles. The predicted molar refractivity (Wildman–Crippen MR) is 77.1 cm³/mol. The quantitative estimate of drug-likeness (QED) is 0.861. The zero-order valence-corrected chi connectivity index (χ0v) is 12.0. The molecule has 1 aliphatic rings. The Morgan fingerprint density at radius 1 is 1.40 bits per heavy atom. The summed E-state index contributed by atoms with van der Waals surface area (Å²) in [5, 5.41) is 6.06. The van der Waals surface area contributed by atoms with Gasteiger partial charge in [-0.15, -0.1) is 0 Å². The van der Waals surface area contributed by atoms with Gasteiger partial charge >= 0.3 is 6.09 Å². The minimum absolute atomic E-state index is 0.0661. The third-order valence-electron chi connectivity index (χ3n) is 3.48. The van der Waals surface area contributed by atoms with E-state index in [0.29, 0.717) is 6.54 Å². The molecule has 0 radical (unpaired) electrons. The lowest BCUT2D eigenvalue weighted by molar-refractivity contribution is 0.0905. The first kappa shape index (κ1) is 14.7. The van der Waals surface area contributed by atoms with Gasteiger partial charge in [-0.05, 0) is 44.0 Å². The largest absolute Gasteiger partial charge is 0.497 e. The van der Waals surface area contributed by atoms with E-state index in [0.717, 1.165) is 25.1 Å². The molecular formula is C15H22N2O3. The molecule has 0 aromatic heterocycles. The van der Waals surface area contributed by atoms with Crippen LogP contribution in [0.1, 0.15) is 18.9 Å². The highest BCUT2D eigenvalue weighted by Crippen LogP contribution is 2.18. The lowest BCUT2D eigenvalue weighted by Gasteiger charge is -2.20. The van der Waals surface area contributed by atoms with E-state index in [4.69, 9.17) is 9.47 Å². The monoisotopic (exact) mass is 278 g/mol. The molecule has 1 heterocycles. The summed E-state index contributed by atoms with van der Waals surface area (Å²) < 4.78 is 10.6. The van der Waals surface area contributed by atoms with Gasteiger partial charge in [0.2, 0.25) is 0 Å². The fourth-order valence-corrected chi connectivity index (χ4v) is 2.43. The van der Waals surface area contributed by atoms with Crippen LogP contribution in [0.5, 0.6) is 5.75 Å². The molecule has 1 aromatic carbocycles. The summed E-state index contributed by atoms with van der Waals surface area (Å²) in [5.74, 6) is 0.850. The molecule has 1 aliphatic heterocycles. The highest BCUT2D eigenvalue weighted by Gasteiger charge is 2.30. The zero-order chi connectivity index (χ0) is 14.4. The minimum atomic E-state index is -0.332. The van der Waals surface area contributed by atoms with E-state index in [1.54, 1.807) is 7.11 Å². The van der Waals surface area contributed by atoms with Crippen LogP contribution in [0.3, 0.4) is 0 Å². The summed E-state index contributed by atoms with van der Waals surface area (Å²) in [6.07, 6.45) is 1.30. The van der Waals surface area contributed by atoms with Crippen LogP contribution in [-0.2, 0) is 11.2 Å². The predicted octanol–water partition coefficient (Wildman–Crippen LogP) is 1.71. The number of benzene rings is 1. The van der Waals surface area contributed by atoms with Crippen molar-refractivity contribution in [1.29, 1.82) is 0 Å². The highest BCUT2D eigenvalue weighted by atomic mass is 16.6. The van der Waals surface area contributed by atoms with Gasteiger partial charge in [0.05, 0.1) is 7.11 Å². The molecule has 5 nitrogen and oxygen atoms in total. The molecule has 5 heteroatoms. The average Bonchev–Trinajstić information content (AvgIpc) is 2.87. The van der Waals surface area contributed by atoms with Gasteiger partial charge in [-0.1, -0.05) is 12.1 Å². The maximum atomic E-state index is 11.5. The molecule has 1 fully saturated rings. The highest BCUT2D eigenvalue weighted by molar-refractivity contribution is 5.67. The normalized spacial score (nSPS) is 21.5. The Labute approximate surface area is 119 Å². The zero-order valence-electron chi connectivity index (χ0n) is 12.0. The maximum Gasteiger partial charge on any atom is 0.407 e. The summed E-state index contributed by atoms with van der Waals surface area (Å²) in [6.45, 7) is 3.34. The number of rotatable bonds is 5. The Kier molecular flexibility index (Phi) is 5.24. The molecule has 0 spiro atoms. The van der Waals surface area contributed by atoms with Crippen molar-refractivity contribution in [2.45, 2.75) is 31.9 Å². The van der Waals surface area contributed by atoms with E-state index in [2.05, 4.69) is 10.6 Å². The Balaban J connectivity index is 1.91. The second-order valence-electron chi connectivity index (χ2n) is 4.88. The van der Waals surface area contributed by atoms with Crippen LogP contribution in [0.15, 0.2) is 24.3 Å². The van der Waals surface area contributed by atoms with E-state index < -0.39 is 0 Å². The number of hydrogen-bond acceptors (Lipinski definition) is 4. The van der Waals surface area contributed by atoms with Crippen LogP contribution in [0.4, 0.5) is 4.79 Å². The molecule has 2 atom stereocenters. The second-order valence-corrected chi connectivity index (χ2v) is 4.88. The standard InChI is InChI=1S/C15H22N2O3/c1-3-16-15(18)20-14-8-9-17-13(14)10-11-4-6-12(19-2)7-5-11/h4-7,13-14,17H,3,8-10H2,1-2H3,(H,16,18)/t13-,14?/m1/s1. The van der Waals surface area contributed by atoms with Crippen LogP contribution in [0.2, 0.25) is 0 Å². The number of carbonyl (C=O) groups is 1. The van der Waals surface area contributed by atoms with Crippen LogP contribution >= 0.6 is 0 Å². The Bertz CT molecular complexity index is 433. The van der Waals surface area contributed by atoms with E-state index >= 15 is 0 Å². The van der Waals surface area contributed by atoms with Gasteiger partial charge in [-0.2, -0.15) is 0 Å². The molecular weight excluding hydrogens is 256 g/mol. The summed E-state index contributed by atoms with van der Waals surface area (Å²) in [7, 11) is 1.66. The number of ether oxygens (including phenoxy) is 2. The van der Waals surface area contributed by atoms with Gasteiger partial charge in [0, 0.05) is 12.6 Å². The summed E-state index contributed by atoms with van der Waals surface area (Å²) >= 11 is 0. The van der Waals surface area contributed by atoms with Crippen molar-refractivity contribution in [2.24, 2.45) is 0 Å². The van der Waals surface area contributed by atoms with E-state index in [-0.39, 0.29) is 18.2 Å². The second kappa shape index (κ2) is 7.14. The molecule has 2 rings (SSSR count). The Morgan fingerprint density at radius 2 is 2.15 bits per heavy atom. The van der Waals surface area contributed by atoms with Crippen LogP contribution in [0.25, 0.3) is 0 Å². The molecule has 1 unspecified atom stereocenters. The molecule has 2 N–H and O–H groups in total. The third kappa shape index (κ3) is 3.87. The minimum Gasteiger partial charge on any atom is -0.497 e. The number of amides is 1. The first-order valence-corrected chi connectivity index (χ1v) is 7.03. The number of methoxy groups -OCH3 is 1. The molecule has 20 heavy (non-hydrogen) atoms. The average molecular weight is 278 g/mol. The van der Waals surface area contributed by atoms with Crippen molar-refractivity contribution >= 4 is 6.09 Å². The van der Waals surface area contributed by atoms with Crippen molar-refractivity contribution < 1.29 is 14.3 Å². The van der Waals surface area contributed by atoms with Crippen LogP contribution in [-0.4, -0.2) is 38.4 Å². The topological polar surface area (TPSA) is 59.6 Å². The van der Waals surface area contributed by atoms with E-state index in [1.807, 2.05) is 31.2 Å². The molecule has 1 aromatic rings. The molecule has 0 saturated carbocycles. The van der Waals surface area contributed by atoms with Gasteiger partial charge in [-0.3, -0.25) is 0 Å². The number of alkyl carbamates (subject to hydrolysis) is 1. The molecule has 1 amide bonds. The summed E-state index contributed by atoms with van der Waals surface area (Å²) in [6, 6.07) is 8.16. The van der Waals surface area contributed by atoms with Gasteiger partial charge in [0.1, 0.15) is 11.9 Å². The SMILES string of the molecule is CCNC(=O)OC1CCN[C@@H]1Cc1ccc(OC)cc1. The van der Waals surface area contributed by atoms with Gasteiger partial charge in [0.25, 0.3) is 0 Å². The summed E-state index contributed by atoms with van der Waals surface area (Å²) in [5.41, 5.74) is 1.20. The Morgan fingerprint density at radius 3 is 2.80 bits per heavy atom. The molecule has 0 aliphatic carbocycles. The lowest BCUT2D eigenvalue weighted by Crippen LogP contribution is -2.38. The number of hydrogen-bond donors (Lipinski definition) is 2. The first-order chi connectivity index (χ1) is 9.72. The summed E-state index contributed by atoms with van der Waals surface area (Å²) in [4.78, 5) is 11.5. The van der Waals surface area contributed by atoms with Crippen molar-refractivity contribution in [3.63, 3.8) is 0 Å². The number of nitrogens with one attached hydrogen (secondary N) is 2. The van der Waals surface area contributed by atoms with Crippen molar-refractivity contribution in [3.05, 3.63) is 29.8 Å². The van der Waals surface area contributed by atoms with Crippen molar-refractivity contribution in [3.8, 4) is 5.75 Å². The fraction of sp³-hybridized carbons (Fsp3) is 0.533. The fourth-order valence-electron chi connectivity index (χ4n) is 2.43. The maximum absolute atomic E-state index is 11.5. The van der Waals surface area contributed by atoms with Crippen LogP contribution in [0, 0.1) is 0 Å². The first-order valence-electron chi connectivity index (χ1n) is 7.03. The Hall–Kier alpha value is -1.75. The molecule has 0 bridgehead atoms.